The van der Waals surface area contributed by atoms with Crippen LogP contribution in [-0.2, 0) is 14.8 Å². The highest BCUT2D eigenvalue weighted by Crippen LogP contribution is 2.24. The standard InChI is InChI=1S/C16H17NO5S2/c1-23-13-6-2-11(3-7-13)12-4-8-14(9-5-12)24(21,22)17-15(10-18)16(19)20/h2-9,15,17-18H,10H2,1H3,(H,19,20)/t15-/m1/s1. The number of aliphatic hydroxyl groups is 1. The summed E-state index contributed by atoms with van der Waals surface area (Å²) in [4.78, 5) is 11.9. The molecule has 0 spiro atoms. The van der Waals surface area contributed by atoms with Crippen LogP contribution in [0.25, 0.3) is 11.1 Å². The Morgan fingerprint density at radius 1 is 1.08 bits per heavy atom. The van der Waals surface area contributed by atoms with Gasteiger partial charge in [-0.2, -0.15) is 4.72 Å². The Labute approximate surface area is 144 Å². The molecule has 128 valence electrons. The number of sulfonamides is 1. The molecule has 0 saturated heterocycles. The van der Waals surface area contributed by atoms with Crippen LogP contribution in [0.3, 0.4) is 0 Å². The lowest BCUT2D eigenvalue weighted by atomic mass is 10.1. The van der Waals surface area contributed by atoms with Crippen LogP contribution in [0.1, 0.15) is 0 Å². The van der Waals surface area contributed by atoms with Crippen molar-refractivity contribution in [3.05, 3.63) is 48.5 Å². The van der Waals surface area contributed by atoms with E-state index in [1.54, 1.807) is 23.9 Å². The number of carboxylic acid groups (broad SMARTS) is 1. The Balaban J connectivity index is 2.22. The summed E-state index contributed by atoms with van der Waals surface area (Å²) < 4.78 is 26.3. The second kappa shape index (κ2) is 7.80. The highest BCUT2D eigenvalue weighted by molar-refractivity contribution is 7.98. The summed E-state index contributed by atoms with van der Waals surface area (Å²) in [6, 6.07) is 12.4. The molecule has 0 radical (unpaired) electrons. The van der Waals surface area contributed by atoms with Crippen molar-refractivity contribution in [1.29, 1.82) is 0 Å². The molecule has 2 aromatic carbocycles. The third-order valence-electron chi connectivity index (χ3n) is 3.37. The average Bonchev–Trinajstić information content (AvgIpc) is 2.59. The van der Waals surface area contributed by atoms with Gasteiger partial charge in [0, 0.05) is 4.90 Å². The van der Waals surface area contributed by atoms with Crippen molar-refractivity contribution in [1.82, 2.24) is 4.72 Å². The van der Waals surface area contributed by atoms with Gasteiger partial charge in [-0.1, -0.05) is 24.3 Å². The molecule has 0 bridgehead atoms. The first kappa shape index (κ1) is 18.5. The maximum Gasteiger partial charge on any atom is 0.324 e. The number of hydrogen-bond donors (Lipinski definition) is 3. The average molecular weight is 367 g/mol. The van der Waals surface area contributed by atoms with Crippen molar-refractivity contribution in [2.24, 2.45) is 0 Å². The lowest BCUT2D eigenvalue weighted by Gasteiger charge is -2.12. The molecule has 3 N–H and O–H groups in total. The smallest absolute Gasteiger partial charge is 0.324 e. The van der Waals surface area contributed by atoms with E-state index in [4.69, 9.17) is 10.2 Å². The van der Waals surface area contributed by atoms with Gasteiger partial charge in [0.05, 0.1) is 11.5 Å². The minimum Gasteiger partial charge on any atom is -0.480 e. The summed E-state index contributed by atoms with van der Waals surface area (Å²) in [5, 5.41) is 17.8. The van der Waals surface area contributed by atoms with E-state index in [1.165, 1.54) is 12.1 Å². The molecule has 8 heteroatoms. The third-order valence-corrected chi connectivity index (χ3v) is 5.60. The summed E-state index contributed by atoms with van der Waals surface area (Å²) in [7, 11) is -4.02. The van der Waals surface area contributed by atoms with E-state index >= 15 is 0 Å². The van der Waals surface area contributed by atoms with Crippen LogP contribution in [0.15, 0.2) is 58.3 Å². The molecular weight excluding hydrogens is 350 g/mol. The number of aliphatic hydroxyl groups excluding tert-OH is 1. The minimum absolute atomic E-state index is 0.0633. The van der Waals surface area contributed by atoms with Crippen LogP contribution in [0.4, 0.5) is 0 Å². The van der Waals surface area contributed by atoms with E-state index in [0.717, 1.165) is 16.0 Å². The first-order valence-corrected chi connectivity index (χ1v) is 9.68. The van der Waals surface area contributed by atoms with Crippen LogP contribution < -0.4 is 4.72 Å². The number of aliphatic carboxylic acids is 1. The van der Waals surface area contributed by atoms with Crippen molar-refractivity contribution in [3.8, 4) is 11.1 Å². The predicted molar refractivity (Wildman–Crippen MR) is 92.5 cm³/mol. The number of thioether (sulfide) groups is 1. The van der Waals surface area contributed by atoms with Gasteiger partial charge >= 0.3 is 5.97 Å². The molecule has 0 unspecified atom stereocenters. The number of nitrogens with one attached hydrogen (secondary N) is 1. The lowest BCUT2D eigenvalue weighted by Crippen LogP contribution is -2.43. The molecule has 0 aliphatic rings. The molecule has 0 aliphatic carbocycles. The Morgan fingerprint density at radius 3 is 2.00 bits per heavy atom. The fourth-order valence-electron chi connectivity index (χ4n) is 2.03. The first-order valence-electron chi connectivity index (χ1n) is 6.98. The Kier molecular flexibility index (Phi) is 6.00. The molecule has 0 aromatic heterocycles. The van der Waals surface area contributed by atoms with E-state index in [0.29, 0.717) is 0 Å². The molecule has 6 nitrogen and oxygen atoms in total. The zero-order valence-electron chi connectivity index (χ0n) is 12.8. The molecular formula is C16H17NO5S2. The lowest BCUT2D eigenvalue weighted by molar-refractivity contribution is -0.139. The zero-order valence-corrected chi connectivity index (χ0v) is 14.5. The molecule has 2 aromatic rings. The SMILES string of the molecule is CSc1ccc(-c2ccc(S(=O)(=O)N[C@H](CO)C(=O)O)cc2)cc1. The monoisotopic (exact) mass is 367 g/mol. The van der Waals surface area contributed by atoms with E-state index in [9.17, 15) is 13.2 Å². The van der Waals surface area contributed by atoms with Crippen molar-refractivity contribution in [2.75, 3.05) is 12.9 Å². The second-order valence-corrected chi connectivity index (χ2v) is 7.54. The number of carbonyl (C=O) groups is 1. The molecule has 0 heterocycles. The van der Waals surface area contributed by atoms with Gasteiger partial charge in [0.25, 0.3) is 0 Å². The van der Waals surface area contributed by atoms with Crippen LogP contribution in [0.2, 0.25) is 0 Å². The molecule has 0 saturated carbocycles. The van der Waals surface area contributed by atoms with Gasteiger partial charge in [0.2, 0.25) is 10.0 Å². The molecule has 2 rings (SSSR count). The summed E-state index contributed by atoms with van der Waals surface area (Å²) in [6.45, 7) is -0.825. The topological polar surface area (TPSA) is 104 Å². The Morgan fingerprint density at radius 2 is 1.58 bits per heavy atom. The fourth-order valence-corrected chi connectivity index (χ4v) is 3.62. The number of rotatable bonds is 7. The highest BCUT2D eigenvalue weighted by Gasteiger charge is 2.24. The number of benzene rings is 2. The summed E-state index contributed by atoms with van der Waals surface area (Å²) >= 11 is 1.63. The van der Waals surface area contributed by atoms with Gasteiger partial charge in [-0.25, -0.2) is 8.42 Å². The molecule has 1 atom stereocenters. The van der Waals surface area contributed by atoms with E-state index in [1.807, 2.05) is 35.2 Å². The second-order valence-electron chi connectivity index (χ2n) is 4.95. The maximum absolute atomic E-state index is 12.1. The Bertz CT molecular complexity index is 801. The van der Waals surface area contributed by atoms with Crippen LogP contribution in [-0.4, -0.2) is 43.5 Å². The third kappa shape index (κ3) is 4.35. The van der Waals surface area contributed by atoms with Crippen molar-refractivity contribution in [3.63, 3.8) is 0 Å². The van der Waals surface area contributed by atoms with Crippen LogP contribution in [0.5, 0.6) is 0 Å². The van der Waals surface area contributed by atoms with Gasteiger partial charge in [0.1, 0.15) is 6.04 Å². The zero-order chi connectivity index (χ0) is 17.7. The molecule has 24 heavy (non-hydrogen) atoms. The van der Waals surface area contributed by atoms with Crippen molar-refractivity contribution < 1.29 is 23.4 Å². The summed E-state index contributed by atoms with van der Waals surface area (Å²) in [6.07, 6.45) is 1.98. The van der Waals surface area contributed by atoms with Gasteiger partial charge in [-0.15, -0.1) is 11.8 Å². The van der Waals surface area contributed by atoms with Crippen molar-refractivity contribution in [2.45, 2.75) is 15.8 Å². The highest BCUT2D eigenvalue weighted by atomic mass is 32.2. The maximum atomic E-state index is 12.1. The van der Waals surface area contributed by atoms with Crippen LogP contribution >= 0.6 is 11.8 Å². The predicted octanol–water partition coefficient (Wildman–Crippen LogP) is 1.80. The van der Waals surface area contributed by atoms with Crippen LogP contribution in [0, 0.1) is 0 Å². The van der Waals surface area contributed by atoms with Gasteiger partial charge in [0.15, 0.2) is 0 Å². The van der Waals surface area contributed by atoms with E-state index in [-0.39, 0.29) is 4.90 Å². The minimum atomic E-state index is -4.02. The first-order chi connectivity index (χ1) is 11.4. The normalized spacial score (nSPS) is 12.8. The molecule has 0 fully saturated rings. The summed E-state index contributed by atoms with van der Waals surface area (Å²) in [5.41, 5.74) is 1.79. The summed E-state index contributed by atoms with van der Waals surface area (Å²) in [5.74, 6) is -1.44. The molecule has 0 aliphatic heterocycles. The number of hydrogen-bond acceptors (Lipinski definition) is 5. The van der Waals surface area contributed by atoms with E-state index in [2.05, 4.69) is 0 Å². The molecule has 0 amide bonds. The fraction of sp³-hybridized carbons (Fsp3) is 0.188. The van der Waals surface area contributed by atoms with Gasteiger partial charge in [-0.3, -0.25) is 4.79 Å². The van der Waals surface area contributed by atoms with Gasteiger partial charge < -0.3 is 10.2 Å². The van der Waals surface area contributed by atoms with E-state index < -0.39 is 28.6 Å². The van der Waals surface area contributed by atoms with Gasteiger partial charge in [-0.05, 0) is 41.6 Å². The number of carboxylic acids is 1. The largest absolute Gasteiger partial charge is 0.480 e. The Hall–Kier alpha value is -1.87. The van der Waals surface area contributed by atoms with Crippen molar-refractivity contribution >= 4 is 27.8 Å². The quantitative estimate of drug-likeness (QED) is 0.645.